The first-order valence-corrected chi connectivity index (χ1v) is 7.77. The summed E-state index contributed by atoms with van der Waals surface area (Å²) in [5, 5.41) is 3.98. The van der Waals surface area contributed by atoms with Crippen LogP contribution in [0.2, 0.25) is 0 Å². The van der Waals surface area contributed by atoms with Gasteiger partial charge in [0.25, 0.3) is 0 Å². The molecule has 0 bridgehead atoms. The van der Waals surface area contributed by atoms with E-state index in [1.807, 2.05) is 18.7 Å². The van der Waals surface area contributed by atoms with Crippen LogP contribution in [-0.4, -0.2) is 35.7 Å². The third-order valence-electron chi connectivity index (χ3n) is 3.29. The summed E-state index contributed by atoms with van der Waals surface area (Å²) in [6, 6.07) is 0. The minimum absolute atomic E-state index is 0.0525. The first-order chi connectivity index (χ1) is 8.18. The van der Waals surface area contributed by atoms with E-state index in [2.05, 4.69) is 19.2 Å². The van der Waals surface area contributed by atoms with Crippen molar-refractivity contribution in [1.29, 1.82) is 0 Å². The highest BCUT2D eigenvalue weighted by Gasteiger charge is 2.43. The molecule has 2 unspecified atom stereocenters. The molecule has 0 amide bonds. The Labute approximate surface area is 109 Å². The van der Waals surface area contributed by atoms with Crippen LogP contribution in [0.5, 0.6) is 0 Å². The fourth-order valence-electron chi connectivity index (χ4n) is 2.63. The molecule has 0 spiro atoms. The van der Waals surface area contributed by atoms with E-state index in [4.69, 9.17) is 4.74 Å². The van der Waals surface area contributed by atoms with Gasteiger partial charge < -0.3 is 10.1 Å². The lowest BCUT2D eigenvalue weighted by Crippen LogP contribution is -2.56. The molecule has 17 heavy (non-hydrogen) atoms. The fraction of sp³-hybridized carbons (Fsp3) is 0.923. The van der Waals surface area contributed by atoms with Crippen LogP contribution >= 0.6 is 11.8 Å². The van der Waals surface area contributed by atoms with Crippen molar-refractivity contribution in [2.75, 3.05) is 18.9 Å². The first kappa shape index (κ1) is 14.8. The number of hydrogen-bond acceptors (Lipinski definition) is 4. The number of likely N-dealkylation sites (N-methyl/N-ethyl adjacent to an activating group) is 1. The summed E-state index contributed by atoms with van der Waals surface area (Å²) in [6.07, 6.45) is 4.17. The van der Waals surface area contributed by atoms with Gasteiger partial charge in [-0.25, -0.2) is 0 Å². The predicted molar refractivity (Wildman–Crippen MR) is 73.4 cm³/mol. The highest BCUT2D eigenvalue weighted by molar-refractivity contribution is 7.99. The summed E-state index contributed by atoms with van der Waals surface area (Å²) in [7, 11) is 0. The molecule has 0 aromatic rings. The van der Waals surface area contributed by atoms with Gasteiger partial charge in [0.05, 0.1) is 6.61 Å². The maximum Gasteiger partial charge on any atom is 0.326 e. The zero-order valence-electron chi connectivity index (χ0n) is 11.3. The smallest absolute Gasteiger partial charge is 0.326 e. The van der Waals surface area contributed by atoms with E-state index in [1.54, 1.807) is 0 Å². The van der Waals surface area contributed by atoms with Crippen molar-refractivity contribution in [1.82, 2.24) is 5.32 Å². The second-order valence-electron chi connectivity index (χ2n) is 4.51. The molecule has 0 aromatic heterocycles. The molecular weight excluding hydrogens is 234 g/mol. The maximum absolute atomic E-state index is 12.2. The Morgan fingerprint density at radius 3 is 2.82 bits per heavy atom. The molecule has 1 N–H and O–H groups in total. The molecular formula is C13H25NO2S. The van der Waals surface area contributed by atoms with Crippen LogP contribution in [0.3, 0.4) is 0 Å². The van der Waals surface area contributed by atoms with Crippen molar-refractivity contribution in [2.24, 2.45) is 0 Å². The quantitative estimate of drug-likeness (QED) is 0.744. The molecule has 100 valence electrons. The fourth-order valence-corrected chi connectivity index (χ4v) is 3.84. The summed E-state index contributed by atoms with van der Waals surface area (Å²) < 4.78 is 5.25. The number of esters is 1. The summed E-state index contributed by atoms with van der Waals surface area (Å²) in [5.74, 6) is 1.07. The Kier molecular flexibility index (Phi) is 6.34. The summed E-state index contributed by atoms with van der Waals surface area (Å²) in [4.78, 5) is 12.2. The summed E-state index contributed by atoms with van der Waals surface area (Å²) in [6.45, 7) is 7.40. The molecule has 1 aliphatic rings. The molecule has 1 saturated carbocycles. The zero-order valence-corrected chi connectivity index (χ0v) is 12.1. The normalized spacial score (nSPS) is 29.0. The van der Waals surface area contributed by atoms with Crippen LogP contribution in [0.1, 0.15) is 46.5 Å². The van der Waals surface area contributed by atoms with E-state index < -0.39 is 5.54 Å². The summed E-state index contributed by atoms with van der Waals surface area (Å²) in [5.41, 5.74) is -0.421. The third-order valence-corrected chi connectivity index (χ3v) is 4.50. The molecule has 2 atom stereocenters. The van der Waals surface area contributed by atoms with Gasteiger partial charge in [0.2, 0.25) is 0 Å². The van der Waals surface area contributed by atoms with Gasteiger partial charge in [0, 0.05) is 5.25 Å². The van der Waals surface area contributed by atoms with Crippen molar-refractivity contribution in [2.45, 2.75) is 57.2 Å². The predicted octanol–water partition coefficient (Wildman–Crippen LogP) is 2.59. The number of carbonyl (C=O) groups is 1. The van der Waals surface area contributed by atoms with Crippen LogP contribution in [0.4, 0.5) is 0 Å². The molecule has 3 nitrogen and oxygen atoms in total. The maximum atomic E-state index is 12.2. The molecule has 1 rings (SSSR count). The SMILES string of the molecule is CCNC1(C(=O)OCC)CCCC(SCC)C1. The van der Waals surface area contributed by atoms with Crippen LogP contribution < -0.4 is 5.32 Å². The van der Waals surface area contributed by atoms with E-state index in [-0.39, 0.29) is 5.97 Å². The lowest BCUT2D eigenvalue weighted by Gasteiger charge is -2.39. The van der Waals surface area contributed by atoms with Gasteiger partial charge >= 0.3 is 5.97 Å². The van der Waals surface area contributed by atoms with Crippen LogP contribution in [0.25, 0.3) is 0 Å². The Hall–Kier alpha value is -0.220. The average Bonchev–Trinajstić information content (AvgIpc) is 2.30. The van der Waals surface area contributed by atoms with Gasteiger partial charge in [0.15, 0.2) is 0 Å². The Morgan fingerprint density at radius 2 is 2.24 bits per heavy atom. The molecule has 0 heterocycles. The van der Waals surface area contributed by atoms with Gasteiger partial charge in [0.1, 0.15) is 5.54 Å². The van der Waals surface area contributed by atoms with Crippen molar-refractivity contribution in [3.8, 4) is 0 Å². The lowest BCUT2D eigenvalue weighted by atomic mass is 9.81. The van der Waals surface area contributed by atoms with E-state index in [1.165, 1.54) is 6.42 Å². The Balaban J connectivity index is 2.71. The van der Waals surface area contributed by atoms with Crippen molar-refractivity contribution in [3.63, 3.8) is 0 Å². The number of carbonyl (C=O) groups excluding carboxylic acids is 1. The zero-order chi connectivity index (χ0) is 12.7. The van der Waals surface area contributed by atoms with E-state index in [0.717, 1.165) is 31.6 Å². The van der Waals surface area contributed by atoms with Crippen LogP contribution in [-0.2, 0) is 9.53 Å². The number of hydrogen-bond donors (Lipinski definition) is 1. The summed E-state index contributed by atoms with van der Waals surface area (Å²) >= 11 is 1.97. The molecule has 1 fully saturated rings. The van der Waals surface area contributed by atoms with Gasteiger partial charge in [-0.2, -0.15) is 11.8 Å². The monoisotopic (exact) mass is 259 g/mol. The molecule has 0 radical (unpaired) electrons. The molecule has 0 saturated heterocycles. The minimum atomic E-state index is -0.421. The van der Waals surface area contributed by atoms with Crippen LogP contribution in [0, 0.1) is 0 Å². The Bertz CT molecular complexity index is 242. The number of thioether (sulfide) groups is 1. The Morgan fingerprint density at radius 1 is 1.47 bits per heavy atom. The number of ether oxygens (including phenoxy) is 1. The minimum Gasteiger partial charge on any atom is -0.465 e. The largest absolute Gasteiger partial charge is 0.465 e. The van der Waals surface area contributed by atoms with E-state index in [9.17, 15) is 4.79 Å². The highest BCUT2D eigenvalue weighted by atomic mass is 32.2. The topological polar surface area (TPSA) is 38.3 Å². The molecule has 1 aliphatic carbocycles. The average molecular weight is 259 g/mol. The van der Waals surface area contributed by atoms with Crippen LogP contribution in [0.15, 0.2) is 0 Å². The van der Waals surface area contributed by atoms with Crippen molar-refractivity contribution in [3.05, 3.63) is 0 Å². The van der Waals surface area contributed by atoms with Gasteiger partial charge in [-0.3, -0.25) is 4.79 Å². The van der Waals surface area contributed by atoms with Gasteiger partial charge in [-0.1, -0.05) is 13.8 Å². The second kappa shape index (κ2) is 7.27. The van der Waals surface area contributed by atoms with Gasteiger partial charge in [-0.15, -0.1) is 0 Å². The molecule has 4 heteroatoms. The van der Waals surface area contributed by atoms with Crippen molar-refractivity contribution >= 4 is 17.7 Å². The third kappa shape index (κ3) is 3.88. The number of nitrogens with one attached hydrogen (secondary N) is 1. The second-order valence-corrected chi connectivity index (χ2v) is 6.08. The van der Waals surface area contributed by atoms with E-state index in [0.29, 0.717) is 11.9 Å². The van der Waals surface area contributed by atoms with Gasteiger partial charge in [-0.05, 0) is 44.9 Å². The van der Waals surface area contributed by atoms with Crippen molar-refractivity contribution < 1.29 is 9.53 Å². The standard InChI is InChI=1S/C13H25NO2S/c1-4-14-13(12(15)16-5-2)9-7-8-11(10-13)17-6-3/h11,14H,4-10H2,1-3H3. The number of rotatable bonds is 6. The molecule has 0 aliphatic heterocycles. The molecule has 0 aromatic carbocycles. The first-order valence-electron chi connectivity index (χ1n) is 6.72. The highest BCUT2D eigenvalue weighted by Crippen LogP contribution is 2.35. The van der Waals surface area contributed by atoms with E-state index >= 15 is 0 Å². The lowest BCUT2D eigenvalue weighted by molar-refractivity contribution is -0.152.